The third-order valence-corrected chi connectivity index (χ3v) is 5.70. The van der Waals surface area contributed by atoms with Gasteiger partial charge in [0.25, 0.3) is 0 Å². The van der Waals surface area contributed by atoms with Crippen LogP contribution in [0.4, 0.5) is 5.13 Å². The minimum Gasteiger partial charge on any atom is -0.346 e. The minimum absolute atomic E-state index is 0.401. The number of thioether (sulfide) groups is 1. The van der Waals surface area contributed by atoms with Gasteiger partial charge in [-0.25, -0.2) is 4.98 Å². The van der Waals surface area contributed by atoms with E-state index in [1.165, 1.54) is 21.5 Å². The molecule has 1 N–H and O–H groups in total. The number of aryl methyl sites for hydroxylation is 1. The van der Waals surface area contributed by atoms with E-state index in [-0.39, 0.29) is 0 Å². The average Bonchev–Trinajstić information content (AvgIpc) is 2.70. The number of nitrogens with one attached hydrogen (secondary N) is 1. The van der Waals surface area contributed by atoms with Crippen molar-refractivity contribution in [3.05, 3.63) is 10.6 Å². The molecule has 2 heterocycles. The summed E-state index contributed by atoms with van der Waals surface area (Å²) in [6.07, 6.45) is 0. The molecule has 0 spiro atoms. The van der Waals surface area contributed by atoms with Crippen LogP contribution in [0.5, 0.6) is 0 Å². The van der Waals surface area contributed by atoms with Gasteiger partial charge in [-0.15, -0.1) is 11.3 Å². The van der Waals surface area contributed by atoms with Gasteiger partial charge in [0.2, 0.25) is 0 Å². The first-order valence-electron chi connectivity index (χ1n) is 6.13. The van der Waals surface area contributed by atoms with Crippen molar-refractivity contribution in [2.24, 2.45) is 0 Å². The molecule has 0 radical (unpaired) electrons. The van der Waals surface area contributed by atoms with Crippen LogP contribution in [0, 0.1) is 6.92 Å². The highest BCUT2D eigenvalue weighted by atomic mass is 32.2. The van der Waals surface area contributed by atoms with Crippen LogP contribution >= 0.6 is 23.1 Å². The Bertz CT molecular complexity index is 378. The Morgan fingerprint density at radius 3 is 2.94 bits per heavy atom. The van der Waals surface area contributed by atoms with Crippen LogP contribution in [0.2, 0.25) is 0 Å². The van der Waals surface area contributed by atoms with Gasteiger partial charge in [0.1, 0.15) is 0 Å². The Kier molecular flexibility index (Phi) is 4.33. The normalized spacial score (nSPS) is 22.8. The summed E-state index contributed by atoms with van der Waals surface area (Å²) in [5.74, 6) is 1.22. The van der Waals surface area contributed by atoms with Crippen molar-refractivity contribution in [2.75, 3.05) is 30.8 Å². The van der Waals surface area contributed by atoms with Gasteiger partial charge >= 0.3 is 0 Å². The molecular weight excluding hydrogens is 250 g/mol. The van der Waals surface area contributed by atoms with Crippen LogP contribution in [0.3, 0.4) is 0 Å². The van der Waals surface area contributed by atoms with Crippen molar-refractivity contribution in [2.45, 2.75) is 32.1 Å². The van der Waals surface area contributed by atoms with Crippen LogP contribution in [0.25, 0.3) is 0 Å². The molecule has 1 aliphatic heterocycles. The van der Waals surface area contributed by atoms with Gasteiger partial charge < -0.3 is 10.2 Å². The van der Waals surface area contributed by atoms with Crippen LogP contribution in [0.15, 0.2) is 0 Å². The maximum Gasteiger partial charge on any atom is 0.185 e. The van der Waals surface area contributed by atoms with Crippen LogP contribution < -0.4 is 10.2 Å². The maximum absolute atomic E-state index is 4.73. The monoisotopic (exact) mass is 271 g/mol. The second-order valence-corrected chi connectivity index (χ2v) is 7.14. The Morgan fingerprint density at radius 2 is 2.29 bits per heavy atom. The van der Waals surface area contributed by atoms with E-state index in [4.69, 9.17) is 4.98 Å². The van der Waals surface area contributed by atoms with Gasteiger partial charge in [0.15, 0.2) is 5.13 Å². The summed E-state index contributed by atoms with van der Waals surface area (Å²) in [6.45, 7) is 8.87. The number of anilines is 1. The molecule has 0 amide bonds. The SMILES string of the molecule is CNC(C)c1sc(N2CCSC(C)C2)nc1C. The fraction of sp³-hybridized carbons (Fsp3) is 0.750. The van der Waals surface area contributed by atoms with E-state index in [1.807, 2.05) is 18.4 Å². The number of hydrogen-bond acceptors (Lipinski definition) is 5. The lowest BCUT2D eigenvalue weighted by Crippen LogP contribution is -2.36. The number of rotatable bonds is 3. The van der Waals surface area contributed by atoms with Crippen molar-refractivity contribution in [1.29, 1.82) is 0 Å². The summed E-state index contributed by atoms with van der Waals surface area (Å²) in [5, 5.41) is 5.22. The average molecular weight is 271 g/mol. The highest BCUT2D eigenvalue weighted by Gasteiger charge is 2.21. The molecule has 1 saturated heterocycles. The molecule has 0 aromatic carbocycles. The fourth-order valence-electron chi connectivity index (χ4n) is 2.05. The molecule has 1 aliphatic rings. The molecule has 17 heavy (non-hydrogen) atoms. The lowest BCUT2D eigenvalue weighted by molar-refractivity contribution is 0.658. The Labute approximate surface area is 112 Å². The Balaban J connectivity index is 2.16. The number of hydrogen-bond donors (Lipinski definition) is 1. The first-order chi connectivity index (χ1) is 8.11. The van der Waals surface area contributed by atoms with Gasteiger partial charge in [-0.2, -0.15) is 11.8 Å². The van der Waals surface area contributed by atoms with Crippen LogP contribution in [-0.2, 0) is 0 Å². The molecule has 5 heteroatoms. The molecule has 3 nitrogen and oxygen atoms in total. The maximum atomic E-state index is 4.73. The second-order valence-electron chi connectivity index (χ2n) is 4.58. The predicted molar refractivity (Wildman–Crippen MR) is 78.5 cm³/mol. The Hall–Kier alpha value is -0.260. The molecule has 0 saturated carbocycles. The standard InChI is InChI=1S/C12H21N3S2/c1-8-7-15(5-6-16-8)12-14-10(3)11(17-12)9(2)13-4/h8-9,13H,5-7H2,1-4H3. The van der Waals surface area contributed by atoms with Gasteiger partial charge in [-0.3, -0.25) is 0 Å². The smallest absolute Gasteiger partial charge is 0.185 e. The predicted octanol–water partition coefficient (Wildman–Crippen LogP) is 2.67. The summed E-state index contributed by atoms with van der Waals surface area (Å²) in [6, 6.07) is 0.401. The van der Waals surface area contributed by atoms with Crippen molar-refractivity contribution in [3.63, 3.8) is 0 Å². The molecule has 96 valence electrons. The number of nitrogens with zero attached hydrogens (tertiary/aromatic N) is 2. The summed E-state index contributed by atoms with van der Waals surface area (Å²) >= 11 is 3.90. The molecule has 2 rings (SSSR count). The zero-order valence-corrected chi connectivity index (χ0v) is 12.6. The quantitative estimate of drug-likeness (QED) is 0.915. The van der Waals surface area contributed by atoms with Gasteiger partial charge in [-0.05, 0) is 20.9 Å². The number of thiazole rings is 1. The molecular formula is C12H21N3S2. The zero-order chi connectivity index (χ0) is 12.4. The van der Waals surface area contributed by atoms with Crippen LogP contribution in [-0.4, -0.2) is 36.1 Å². The summed E-state index contributed by atoms with van der Waals surface area (Å²) < 4.78 is 0. The molecule has 1 fully saturated rings. The summed E-state index contributed by atoms with van der Waals surface area (Å²) in [4.78, 5) is 8.54. The highest BCUT2D eigenvalue weighted by molar-refractivity contribution is 8.00. The number of aromatic nitrogens is 1. The van der Waals surface area contributed by atoms with E-state index >= 15 is 0 Å². The first kappa shape index (κ1) is 13.2. The van der Waals surface area contributed by atoms with E-state index < -0.39 is 0 Å². The molecule has 1 aromatic heterocycles. The third kappa shape index (κ3) is 2.95. The molecule has 1 aromatic rings. The van der Waals surface area contributed by atoms with Gasteiger partial charge in [0.05, 0.1) is 5.69 Å². The molecule has 0 bridgehead atoms. The van der Waals surface area contributed by atoms with Gasteiger partial charge in [0, 0.05) is 35.0 Å². The van der Waals surface area contributed by atoms with E-state index in [1.54, 1.807) is 0 Å². The van der Waals surface area contributed by atoms with Crippen molar-refractivity contribution >= 4 is 28.2 Å². The van der Waals surface area contributed by atoms with E-state index in [9.17, 15) is 0 Å². The Morgan fingerprint density at radius 1 is 1.53 bits per heavy atom. The van der Waals surface area contributed by atoms with E-state index in [0.717, 1.165) is 18.3 Å². The van der Waals surface area contributed by atoms with E-state index in [0.29, 0.717) is 6.04 Å². The van der Waals surface area contributed by atoms with Gasteiger partial charge in [-0.1, -0.05) is 6.92 Å². The van der Waals surface area contributed by atoms with Crippen LogP contribution in [0.1, 0.15) is 30.5 Å². The summed E-state index contributed by atoms with van der Waals surface area (Å²) in [5.41, 5.74) is 1.18. The molecule has 0 aliphatic carbocycles. The molecule has 2 atom stereocenters. The highest BCUT2D eigenvalue weighted by Crippen LogP contribution is 2.32. The largest absolute Gasteiger partial charge is 0.346 e. The third-order valence-electron chi connectivity index (χ3n) is 3.16. The van der Waals surface area contributed by atoms with Crippen molar-refractivity contribution < 1.29 is 0 Å². The second kappa shape index (κ2) is 5.59. The zero-order valence-electron chi connectivity index (χ0n) is 11.0. The van der Waals surface area contributed by atoms with E-state index in [2.05, 4.69) is 42.7 Å². The first-order valence-corrected chi connectivity index (χ1v) is 7.99. The van der Waals surface area contributed by atoms with Crippen molar-refractivity contribution in [3.8, 4) is 0 Å². The lowest BCUT2D eigenvalue weighted by Gasteiger charge is -2.30. The topological polar surface area (TPSA) is 28.2 Å². The lowest BCUT2D eigenvalue weighted by atomic mass is 10.2. The summed E-state index contributed by atoms with van der Waals surface area (Å²) in [7, 11) is 2.00. The minimum atomic E-state index is 0.401. The van der Waals surface area contributed by atoms with Crippen molar-refractivity contribution in [1.82, 2.24) is 10.3 Å². The fourth-order valence-corrected chi connectivity index (χ4v) is 4.23. The molecule has 2 unspecified atom stereocenters.